The first-order valence-corrected chi connectivity index (χ1v) is 11.6. The largest absolute Gasteiger partial charge is 0.493 e. The highest BCUT2D eigenvalue weighted by molar-refractivity contribution is 6.08. The van der Waals surface area contributed by atoms with Gasteiger partial charge in [0.25, 0.3) is 11.8 Å². The molecule has 3 aromatic carbocycles. The Morgan fingerprint density at radius 1 is 0.818 bits per heavy atom. The summed E-state index contributed by atoms with van der Waals surface area (Å²) in [6.07, 6.45) is 4.45. The molecule has 0 spiro atoms. The predicted octanol–water partition coefficient (Wildman–Crippen LogP) is 6.56. The molecule has 0 bridgehead atoms. The second-order valence-electron chi connectivity index (χ2n) is 7.82. The number of amides is 2. The molecule has 0 saturated heterocycles. The summed E-state index contributed by atoms with van der Waals surface area (Å²) >= 11 is 0. The van der Waals surface area contributed by atoms with Crippen molar-refractivity contribution < 1.29 is 14.3 Å². The molecule has 33 heavy (non-hydrogen) atoms. The van der Waals surface area contributed by atoms with Gasteiger partial charge in [-0.1, -0.05) is 56.5 Å². The zero-order chi connectivity index (χ0) is 23.5. The molecular weight excluding hydrogens is 412 g/mol. The van der Waals surface area contributed by atoms with Gasteiger partial charge in [0.15, 0.2) is 0 Å². The minimum atomic E-state index is -0.238. The summed E-state index contributed by atoms with van der Waals surface area (Å²) in [7, 11) is 0. The molecule has 0 unspecified atom stereocenters. The van der Waals surface area contributed by atoms with Gasteiger partial charge < -0.3 is 15.0 Å². The normalized spacial score (nSPS) is 10.5. The van der Waals surface area contributed by atoms with Crippen LogP contribution in [-0.4, -0.2) is 25.0 Å². The van der Waals surface area contributed by atoms with Crippen LogP contribution in [0.4, 0.5) is 11.4 Å². The molecule has 0 aliphatic rings. The summed E-state index contributed by atoms with van der Waals surface area (Å²) in [5.74, 6) is 0.265. The lowest BCUT2D eigenvalue weighted by molar-refractivity contribution is 0.0987. The molecule has 0 fully saturated rings. The van der Waals surface area contributed by atoms with Crippen molar-refractivity contribution in [2.45, 2.75) is 39.5 Å². The number of carbonyl (C=O) groups is 2. The van der Waals surface area contributed by atoms with Crippen molar-refractivity contribution in [3.63, 3.8) is 0 Å². The third kappa shape index (κ3) is 6.69. The number of carbonyl (C=O) groups excluding carboxylic acids is 2. The molecule has 0 aliphatic carbocycles. The van der Waals surface area contributed by atoms with Crippen LogP contribution >= 0.6 is 0 Å². The van der Waals surface area contributed by atoms with Gasteiger partial charge in [-0.2, -0.15) is 0 Å². The molecule has 1 N–H and O–H groups in total. The van der Waals surface area contributed by atoms with Crippen molar-refractivity contribution in [2.24, 2.45) is 0 Å². The summed E-state index contributed by atoms with van der Waals surface area (Å²) in [5.41, 5.74) is 2.54. The number of hydrogen-bond donors (Lipinski definition) is 1. The van der Waals surface area contributed by atoms with Crippen LogP contribution in [0.2, 0.25) is 0 Å². The Hall–Kier alpha value is -3.60. The molecule has 0 aromatic heterocycles. The lowest BCUT2D eigenvalue weighted by Gasteiger charge is -2.21. The number of unbranched alkanes of at least 4 members (excludes halogenated alkanes) is 3. The van der Waals surface area contributed by atoms with Crippen LogP contribution in [0, 0.1) is 0 Å². The van der Waals surface area contributed by atoms with Gasteiger partial charge in [-0.25, -0.2) is 0 Å². The maximum Gasteiger partial charge on any atom is 0.259 e. The fourth-order valence-electron chi connectivity index (χ4n) is 3.59. The molecule has 5 heteroatoms. The lowest BCUT2D eigenvalue weighted by Crippen LogP contribution is -2.30. The van der Waals surface area contributed by atoms with Gasteiger partial charge in [0, 0.05) is 23.5 Å². The van der Waals surface area contributed by atoms with Crippen molar-refractivity contribution in [1.82, 2.24) is 0 Å². The Bertz CT molecular complexity index is 1030. The molecule has 3 aromatic rings. The Morgan fingerprint density at radius 2 is 1.52 bits per heavy atom. The van der Waals surface area contributed by atoms with E-state index < -0.39 is 0 Å². The first-order valence-electron chi connectivity index (χ1n) is 11.6. The highest BCUT2D eigenvalue weighted by atomic mass is 16.5. The smallest absolute Gasteiger partial charge is 0.259 e. The van der Waals surface area contributed by atoms with E-state index in [1.807, 2.05) is 55.5 Å². The van der Waals surface area contributed by atoms with Crippen molar-refractivity contribution in [2.75, 3.05) is 23.4 Å². The predicted molar refractivity (Wildman–Crippen MR) is 134 cm³/mol. The summed E-state index contributed by atoms with van der Waals surface area (Å²) in [6, 6.07) is 23.8. The standard InChI is InChI=1S/C28H32N2O3/c1-3-5-6-12-21-33-26-16-11-10-15-25(26)27(31)29-23-19-17-22(18-20-23)28(32)30(4-2)24-13-8-7-9-14-24/h7-11,13-20H,3-6,12,21H2,1-2H3,(H,29,31). The van der Waals surface area contributed by atoms with Crippen LogP contribution < -0.4 is 15.0 Å². The van der Waals surface area contributed by atoms with E-state index in [0.717, 1.165) is 18.5 Å². The fourth-order valence-corrected chi connectivity index (χ4v) is 3.59. The minimum absolute atomic E-state index is 0.0802. The van der Waals surface area contributed by atoms with Gasteiger partial charge in [0.05, 0.1) is 12.2 Å². The van der Waals surface area contributed by atoms with Crippen LogP contribution in [-0.2, 0) is 0 Å². The first kappa shape index (κ1) is 24.1. The van der Waals surface area contributed by atoms with E-state index in [4.69, 9.17) is 4.74 Å². The van der Waals surface area contributed by atoms with Gasteiger partial charge in [-0.3, -0.25) is 9.59 Å². The number of anilines is 2. The first-order chi connectivity index (χ1) is 16.1. The highest BCUT2D eigenvalue weighted by Gasteiger charge is 2.17. The van der Waals surface area contributed by atoms with Crippen molar-refractivity contribution in [1.29, 1.82) is 0 Å². The molecule has 0 heterocycles. The quantitative estimate of drug-likeness (QED) is 0.341. The minimum Gasteiger partial charge on any atom is -0.493 e. The summed E-state index contributed by atoms with van der Waals surface area (Å²) in [6.45, 7) is 5.28. The number of nitrogens with one attached hydrogen (secondary N) is 1. The summed E-state index contributed by atoms with van der Waals surface area (Å²) < 4.78 is 5.86. The third-order valence-corrected chi connectivity index (χ3v) is 5.41. The molecule has 0 saturated carbocycles. The Morgan fingerprint density at radius 3 is 2.21 bits per heavy atom. The van der Waals surface area contributed by atoms with Crippen molar-refractivity contribution in [3.05, 3.63) is 90.0 Å². The molecular formula is C28H32N2O3. The molecule has 172 valence electrons. The molecule has 0 radical (unpaired) electrons. The molecule has 2 amide bonds. The maximum atomic E-state index is 13.0. The van der Waals surface area contributed by atoms with Crippen molar-refractivity contribution in [3.8, 4) is 5.75 Å². The highest BCUT2D eigenvalue weighted by Crippen LogP contribution is 2.22. The van der Waals surface area contributed by atoms with Crippen LogP contribution in [0.25, 0.3) is 0 Å². The summed E-state index contributed by atoms with van der Waals surface area (Å²) in [4.78, 5) is 27.6. The number of nitrogens with zero attached hydrogens (tertiary/aromatic N) is 1. The second kappa shape index (κ2) is 12.4. The van der Waals surface area contributed by atoms with Gasteiger partial charge in [-0.15, -0.1) is 0 Å². The average molecular weight is 445 g/mol. The van der Waals surface area contributed by atoms with Crippen LogP contribution in [0.5, 0.6) is 5.75 Å². The van der Waals surface area contributed by atoms with Crippen LogP contribution in [0.1, 0.15) is 60.2 Å². The van der Waals surface area contributed by atoms with Gasteiger partial charge >= 0.3 is 0 Å². The third-order valence-electron chi connectivity index (χ3n) is 5.41. The number of ether oxygens (including phenoxy) is 1. The van der Waals surface area contributed by atoms with E-state index >= 15 is 0 Å². The monoisotopic (exact) mass is 444 g/mol. The van der Waals surface area contributed by atoms with Crippen LogP contribution in [0.15, 0.2) is 78.9 Å². The van der Waals surface area contributed by atoms with E-state index in [1.54, 1.807) is 35.2 Å². The topological polar surface area (TPSA) is 58.6 Å². The Kier molecular flexibility index (Phi) is 9.07. The SMILES string of the molecule is CCCCCCOc1ccccc1C(=O)Nc1ccc(C(=O)N(CC)c2ccccc2)cc1. The number of hydrogen-bond acceptors (Lipinski definition) is 3. The zero-order valence-corrected chi connectivity index (χ0v) is 19.4. The van der Waals surface area contributed by atoms with E-state index in [-0.39, 0.29) is 11.8 Å². The number of rotatable bonds is 11. The average Bonchev–Trinajstić information content (AvgIpc) is 2.85. The maximum absolute atomic E-state index is 13.0. The number of para-hydroxylation sites is 2. The Labute approximate surface area is 196 Å². The Balaban J connectivity index is 1.64. The van der Waals surface area contributed by atoms with E-state index in [2.05, 4.69) is 12.2 Å². The van der Waals surface area contributed by atoms with E-state index in [1.165, 1.54) is 12.8 Å². The molecule has 3 rings (SSSR count). The molecule has 5 nitrogen and oxygen atoms in total. The fraction of sp³-hybridized carbons (Fsp3) is 0.286. The van der Waals surface area contributed by atoms with Gasteiger partial charge in [0.2, 0.25) is 0 Å². The van der Waals surface area contributed by atoms with Gasteiger partial charge in [-0.05, 0) is 61.9 Å². The van der Waals surface area contributed by atoms with Crippen LogP contribution in [0.3, 0.4) is 0 Å². The van der Waals surface area contributed by atoms with Crippen molar-refractivity contribution >= 4 is 23.2 Å². The second-order valence-corrected chi connectivity index (χ2v) is 7.82. The molecule has 0 aliphatic heterocycles. The van der Waals surface area contributed by atoms with E-state index in [9.17, 15) is 9.59 Å². The lowest BCUT2D eigenvalue weighted by atomic mass is 10.1. The summed E-state index contributed by atoms with van der Waals surface area (Å²) in [5, 5.41) is 2.91. The van der Waals surface area contributed by atoms with Gasteiger partial charge in [0.1, 0.15) is 5.75 Å². The van der Waals surface area contributed by atoms with E-state index in [0.29, 0.717) is 35.7 Å². The zero-order valence-electron chi connectivity index (χ0n) is 19.4. The molecule has 0 atom stereocenters. The number of benzene rings is 3.